The average Bonchev–Trinajstić information content (AvgIpc) is 2.08. The van der Waals surface area contributed by atoms with Crippen LogP contribution in [-0.2, 0) is 0 Å². The van der Waals surface area contributed by atoms with Crippen molar-refractivity contribution in [3.8, 4) is 0 Å². The van der Waals surface area contributed by atoms with Crippen LogP contribution in [0.3, 0.4) is 0 Å². The summed E-state index contributed by atoms with van der Waals surface area (Å²) >= 11 is 2.07. The van der Waals surface area contributed by atoms with E-state index >= 15 is 0 Å². The standard InChI is InChI=1S/C7H8F2IN3/c8-6(9)1-2-11-7-12-3-5(10)4-13-7/h3-4,6H,1-2H2,(H,11,12,13). The first-order valence-corrected chi connectivity index (χ1v) is 4.76. The summed E-state index contributed by atoms with van der Waals surface area (Å²) in [5, 5.41) is 2.70. The van der Waals surface area contributed by atoms with Gasteiger partial charge in [-0.3, -0.25) is 0 Å². The predicted molar refractivity (Wildman–Crippen MR) is 53.9 cm³/mol. The van der Waals surface area contributed by atoms with Crippen LogP contribution in [0.4, 0.5) is 14.7 Å². The molecule has 1 N–H and O–H groups in total. The number of nitrogens with zero attached hydrogens (tertiary/aromatic N) is 2. The van der Waals surface area contributed by atoms with Crippen LogP contribution in [0.1, 0.15) is 6.42 Å². The van der Waals surface area contributed by atoms with Crippen molar-refractivity contribution >= 4 is 28.5 Å². The van der Waals surface area contributed by atoms with Crippen molar-refractivity contribution < 1.29 is 8.78 Å². The van der Waals surface area contributed by atoms with Gasteiger partial charge in [0.15, 0.2) is 0 Å². The third-order valence-corrected chi connectivity index (χ3v) is 1.82. The van der Waals surface area contributed by atoms with E-state index in [1.165, 1.54) is 0 Å². The monoisotopic (exact) mass is 299 g/mol. The zero-order chi connectivity index (χ0) is 9.68. The fraction of sp³-hybridized carbons (Fsp3) is 0.429. The van der Waals surface area contributed by atoms with Gasteiger partial charge in [-0.1, -0.05) is 0 Å². The summed E-state index contributed by atoms with van der Waals surface area (Å²) in [5.74, 6) is 0.390. The van der Waals surface area contributed by atoms with Crippen molar-refractivity contribution in [1.29, 1.82) is 0 Å². The van der Waals surface area contributed by atoms with Crippen LogP contribution in [0, 0.1) is 3.57 Å². The van der Waals surface area contributed by atoms with Crippen molar-refractivity contribution in [2.24, 2.45) is 0 Å². The molecule has 1 rings (SSSR count). The van der Waals surface area contributed by atoms with Crippen LogP contribution < -0.4 is 5.32 Å². The summed E-state index contributed by atoms with van der Waals surface area (Å²) in [5.41, 5.74) is 0. The molecule has 1 aromatic rings. The van der Waals surface area contributed by atoms with Gasteiger partial charge in [0.05, 0.1) is 0 Å². The van der Waals surface area contributed by atoms with Gasteiger partial charge < -0.3 is 5.32 Å². The molecule has 0 saturated carbocycles. The van der Waals surface area contributed by atoms with Crippen LogP contribution in [-0.4, -0.2) is 22.9 Å². The Morgan fingerprint density at radius 1 is 1.38 bits per heavy atom. The van der Waals surface area contributed by atoms with Gasteiger partial charge in [-0.2, -0.15) is 0 Å². The molecule has 13 heavy (non-hydrogen) atoms. The molecule has 0 amide bonds. The molecule has 0 saturated heterocycles. The smallest absolute Gasteiger partial charge is 0.240 e. The van der Waals surface area contributed by atoms with Gasteiger partial charge in [-0.25, -0.2) is 18.7 Å². The lowest BCUT2D eigenvalue weighted by Crippen LogP contribution is -2.08. The molecule has 0 atom stereocenters. The van der Waals surface area contributed by atoms with Crippen LogP contribution in [0.5, 0.6) is 0 Å². The van der Waals surface area contributed by atoms with E-state index in [0.717, 1.165) is 3.57 Å². The number of halogens is 3. The molecule has 0 aliphatic carbocycles. The van der Waals surface area contributed by atoms with E-state index in [2.05, 4.69) is 37.9 Å². The molecule has 0 fully saturated rings. The summed E-state index contributed by atoms with van der Waals surface area (Å²) in [6.45, 7) is 0.193. The molecular weight excluding hydrogens is 291 g/mol. The van der Waals surface area contributed by atoms with Gasteiger partial charge in [0.25, 0.3) is 0 Å². The largest absolute Gasteiger partial charge is 0.354 e. The maximum Gasteiger partial charge on any atom is 0.240 e. The number of nitrogens with one attached hydrogen (secondary N) is 1. The summed E-state index contributed by atoms with van der Waals surface area (Å²) in [4.78, 5) is 7.80. The Morgan fingerprint density at radius 2 is 2.00 bits per heavy atom. The maximum absolute atomic E-state index is 11.7. The Bertz CT molecular complexity index is 252. The van der Waals surface area contributed by atoms with Crippen molar-refractivity contribution in [2.45, 2.75) is 12.8 Å². The van der Waals surface area contributed by atoms with E-state index in [0.29, 0.717) is 5.95 Å². The highest BCUT2D eigenvalue weighted by Crippen LogP contribution is 2.04. The van der Waals surface area contributed by atoms with Gasteiger partial charge >= 0.3 is 0 Å². The van der Waals surface area contributed by atoms with Gasteiger partial charge in [0.1, 0.15) is 0 Å². The molecule has 1 heterocycles. The van der Waals surface area contributed by atoms with E-state index in [-0.39, 0.29) is 13.0 Å². The summed E-state index contributed by atoms with van der Waals surface area (Å²) in [6.07, 6.45) is 0.780. The predicted octanol–water partition coefficient (Wildman–Crippen LogP) is 2.15. The van der Waals surface area contributed by atoms with Crippen molar-refractivity contribution in [3.05, 3.63) is 16.0 Å². The molecule has 0 aliphatic rings. The molecule has 1 aromatic heterocycles. The minimum Gasteiger partial charge on any atom is -0.354 e. The minimum atomic E-state index is -2.28. The third kappa shape index (κ3) is 4.30. The second-order valence-corrected chi connectivity index (χ2v) is 3.58. The molecule has 6 heteroatoms. The number of hydrogen-bond donors (Lipinski definition) is 1. The second-order valence-electron chi connectivity index (χ2n) is 2.33. The van der Waals surface area contributed by atoms with Gasteiger partial charge in [0.2, 0.25) is 12.4 Å². The Labute approximate surface area is 88.1 Å². The highest BCUT2D eigenvalue weighted by atomic mass is 127. The van der Waals surface area contributed by atoms with Gasteiger partial charge in [-0.05, 0) is 22.6 Å². The van der Waals surface area contributed by atoms with Crippen molar-refractivity contribution in [1.82, 2.24) is 9.97 Å². The lowest BCUT2D eigenvalue weighted by atomic mass is 10.4. The Balaban J connectivity index is 2.33. The quantitative estimate of drug-likeness (QED) is 0.866. The van der Waals surface area contributed by atoms with Crippen LogP contribution in [0.2, 0.25) is 0 Å². The molecule has 0 radical (unpaired) electrons. The van der Waals surface area contributed by atoms with Gasteiger partial charge in [-0.15, -0.1) is 0 Å². The first-order valence-electron chi connectivity index (χ1n) is 3.68. The van der Waals surface area contributed by atoms with Crippen LogP contribution >= 0.6 is 22.6 Å². The highest BCUT2D eigenvalue weighted by Gasteiger charge is 2.01. The van der Waals surface area contributed by atoms with E-state index < -0.39 is 6.43 Å². The SMILES string of the molecule is FC(F)CCNc1ncc(I)cn1. The average molecular weight is 299 g/mol. The molecule has 0 bridgehead atoms. The lowest BCUT2D eigenvalue weighted by Gasteiger charge is -2.02. The van der Waals surface area contributed by atoms with Crippen LogP contribution in [0.25, 0.3) is 0 Å². The second kappa shape index (κ2) is 5.25. The molecule has 72 valence electrons. The summed E-state index contributed by atoms with van der Waals surface area (Å²) < 4.78 is 24.4. The van der Waals surface area contributed by atoms with E-state index in [1.807, 2.05) is 0 Å². The Hall–Kier alpha value is -0.530. The molecule has 0 aromatic carbocycles. The molecular formula is C7H8F2IN3. The Morgan fingerprint density at radius 3 is 2.54 bits per heavy atom. The zero-order valence-corrected chi connectivity index (χ0v) is 8.83. The molecule has 0 spiro atoms. The molecule has 0 aliphatic heterocycles. The van der Waals surface area contributed by atoms with E-state index in [9.17, 15) is 8.78 Å². The normalized spacial score (nSPS) is 10.5. The van der Waals surface area contributed by atoms with E-state index in [1.54, 1.807) is 12.4 Å². The highest BCUT2D eigenvalue weighted by molar-refractivity contribution is 14.1. The third-order valence-electron chi connectivity index (χ3n) is 1.27. The number of rotatable bonds is 4. The van der Waals surface area contributed by atoms with Crippen LogP contribution in [0.15, 0.2) is 12.4 Å². The van der Waals surface area contributed by atoms with Crippen molar-refractivity contribution in [2.75, 3.05) is 11.9 Å². The number of alkyl halides is 2. The first-order chi connectivity index (χ1) is 6.18. The number of aromatic nitrogens is 2. The first kappa shape index (κ1) is 10.6. The van der Waals surface area contributed by atoms with Crippen molar-refractivity contribution in [3.63, 3.8) is 0 Å². The fourth-order valence-corrected chi connectivity index (χ4v) is 0.975. The van der Waals surface area contributed by atoms with Gasteiger partial charge in [0, 0.05) is 28.9 Å². The minimum absolute atomic E-state index is 0.185. The maximum atomic E-state index is 11.7. The van der Waals surface area contributed by atoms with E-state index in [4.69, 9.17) is 0 Å². The number of hydrogen-bond acceptors (Lipinski definition) is 3. The zero-order valence-electron chi connectivity index (χ0n) is 6.67. The molecule has 3 nitrogen and oxygen atoms in total. The Kier molecular flexibility index (Phi) is 4.26. The molecule has 0 unspecified atom stereocenters. The number of anilines is 1. The topological polar surface area (TPSA) is 37.8 Å². The fourth-order valence-electron chi connectivity index (χ4n) is 0.697. The lowest BCUT2D eigenvalue weighted by molar-refractivity contribution is 0.142. The summed E-state index contributed by atoms with van der Waals surface area (Å²) in [6, 6.07) is 0. The summed E-state index contributed by atoms with van der Waals surface area (Å²) in [7, 11) is 0.